The van der Waals surface area contributed by atoms with Crippen LogP contribution in [0.2, 0.25) is 0 Å². The van der Waals surface area contributed by atoms with Crippen molar-refractivity contribution < 1.29 is 39.0 Å². The lowest BCUT2D eigenvalue weighted by atomic mass is 9.98. The predicted molar refractivity (Wildman–Crippen MR) is 591 cm³/mol. The number of hydrogen-bond acceptors (Lipinski definition) is 19. The average Bonchev–Trinajstić information content (AvgIpc) is 1.62. The van der Waals surface area contributed by atoms with Gasteiger partial charge in [0, 0.05) is 82.6 Å². The first-order valence-corrected chi connectivity index (χ1v) is 49.2. The molecule has 12 aromatic carbocycles. The fraction of sp³-hybridized carbons (Fsp3) is 0.186. The molecule has 3 aliphatic rings. The van der Waals surface area contributed by atoms with E-state index in [-0.39, 0.29) is 23.3 Å². The van der Waals surface area contributed by atoms with E-state index in [1.54, 1.807) is 77.8 Å². The molecule has 17 aromatic rings. The maximum Gasteiger partial charge on any atom is 0.354 e. The summed E-state index contributed by atoms with van der Waals surface area (Å²) in [6.45, 7) is 27.1. The molecule has 0 bridgehead atoms. The van der Waals surface area contributed by atoms with Crippen LogP contribution >= 0.6 is 31.9 Å². The standard InChI is InChI=1S/C27H26N4O.C27H22N4O.C15H15N.C12H9N3O2.C12H11N3.C11H11BrN2.C6H7BrN2.C6H11NO2.C2H4O2/c2*1-18-6-3-4-9-24(18)21-10-11-25-22(16-21)12-13-30(25)27(32)26-14-19(2)29-31(26)23-8-5-7-20(15-23)17-28;1-11-4-2-3-5-14(11)12-6-7-15-13(10-12)8-9-16-15;1-8-5-11(12(16)17)15(14-8)10-4-2-3-9(6-10)7-13;1-9-6-10(2)15(14-9)12-5-3-4-11(7-12)8-13;1-8-6-9(2)14(13-8)11-5-3-4-10(12)7-11;7-5-2-1-3-6(4-5)9-8;1-5(7-9-3)4-6(2)8;1-2(3)4/h3-11,14-16H,12-13,17,28H2,1-2H3;3-11,14-16H,12-13H2,1-2H3;2-7,10,16H,8-9H2,1H3;2-6H,1H3,(H,16,17);3-7H,1-2H3;3-7H,1-2H3;1-4,9H,8H2;4H2,1-3H3;1H3,(H,3,4)/b;;;;;;;7-5+;. The summed E-state index contributed by atoms with van der Waals surface area (Å²) in [5.74, 6) is 3.25. The number of oxime groups is 1. The summed E-state index contributed by atoms with van der Waals surface area (Å²) in [6, 6.07) is 105. The van der Waals surface area contributed by atoms with Crippen molar-refractivity contribution >= 4 is 89.9 Å². The Kier molecular flexibility index (Phi) is 38.7. The lowest BCUT2D eigenvalue weighted by Gasteiger charge is -2.18. The van der Waals surface area contributed by atoms with Crippen LogP contribution in [0.4, 0.5) is 22.7 Å². The van der Waals surface area contributed by atoms with E-state index >= 15 is 0 Å². The number of nitrogens with two attached hydrogens (primary N) is 2. The zero-order chi connectivity index (χ0) is 106. The van der Waals surface area contributed by atoms with Gasteiger partial charge in [0.25, 0.3) is 17.8 Å². The van der Waals surface area contributed by atoms with Gasteiger partial charge in [0.2, 0.25) is 0 Å². The minimum absolute atomic E-state index is 0.0360. The molecule has 28 nitrogen and oxygen atoms in total. The van der Waals surface area contributed by atoms with Crippen molar-refractivity contribution in [3.8, 4) is 80.0 Å². The zero-order valence-corrected chi connectivity index (χ0v) is 88.1. The number of carboxylic acid groups (broad SMARTS) is 2. The number of amides is 2. The normalized spacial score (nSPS) is 11.4. The van der Waals surface area contributed by atoms with Crippen molar-refractivity contribution in [1.29, 1.82) is 15.8 Å². The Morgan fingerprint density at radius 2 is 0.784 bits per heavy atom. The minimum Gasteiger partial charge on any atom is -0.481 e. The third-order valence-electron chi connectivity index (χ3n) is 23.6. The Hall–Kier alpha value is -17.3. The molecular formula is C118H116Br2N20O8. The molecule has 0 spiro atoms. The first kappa shape index (κ1) is 109. The van der Waals surface area contributed by atoms with E-state index in [0.29, 0.717) is 76.9 Å². The summed E-state index contributed by atoms with van der Waals surface area (Å²) in [4.78, 5) is 65.8. The molecule has 148 heavy (non-hydrogen) atoms. The Labute approximate surface area is 878 Å². The summed E-state index contributed by atoms with van der Waals surface area (Å²) in [5.41, 5.74) is 42.7. The summed E-state index contributed by atoms with van der Waals surface area (Å²) in [7, 11) is 1.46. The predicted octanol–water partition coefficient (Wildman–Crippen LogP) is 23.9. The second-order valence-electron chi connectivity index (χ2n) is 35.2. The molecule has 3 aliphatic heterocycles. The molecule has 0 unspecified atom stereocenters. The maximum absolute atomic E-state index is 13.6. The van der Waals surface area contributed by atoms with Crippen LogP contribution in [-0.2, 0) is 40.2 Å². The number of aromatic carboxylic acids is 1. The number of aromatic nitrogens is 10. The Balaban J connectivity index is 0.000000155. The number of carboxylic acids is 2. The van der Waals surface area contributed by atoms with Crippen LogP contribution < -0.4 is 32.1 Å². The summed E-state index contributed by atoms with van der Waals surface area (Å²) in [6.07, 6.45) is 3.19. The second-order valence-corrected chi connectivity index (χ2v) is 37.1. The number of anilines is 4. The number of hydrazine groups is 1. The average molecular weight is 2100 g/mol. The molecule has 20 rings (SSSR count). The van der Waals surface area contributed by atoms with Gasteiger partial charge in [-0.05, 0) is 345 Å². The number of hydrogen-bond donors (Lipinski definition) is 6. The van der Waals surface area contributed by atoms with Gasteiger partial charge < -0.3 is 41.3 Å². The van der Waals surface area contributed by atoms with Crippen LogP contribution in [0, 0.1) is 103 Å². The topological polar surface area (TPSA) is 390 Å². The highest BCUT2D eigenvalue weighted by atomic mass is 79.9. The number of rotatable bonds is 16. The largest absolute Gasteiger partial charge is 0.481 e. The Bertz CT molecular complexity index is 7810. The van der Waals surface area contributed by atoms with E-state index in [2.05, 4.69) is 245 Å². The molecule has 5 aromatic heterocycles. The van der Waals surface area contributed by atoms with Gasteiger partial charge in [-0.15, -0.1) is 0 Å². The summed E-state index contributed by atoms with van der Waals surface area (Å²) >= 11 is 6.76. The monoisotopic (exact) mass is 2100 g/mol. The number of aliphatic carboxylic acids is 1. The number of aryl methyl sites for hydroxylation is 10. The van der Waals surface area contributed by atoms with Crippen LogP contribution in [0.25, 0.3) is 61.8 Å². The van der Waals surface area contributed by atoms with Crippen LogP contribution in [0.1, 0.15) is 154 Å². The van der Waals surface area contributed by atoms with E-state index in [1.807, 2.05) is 175 Å². The van der Waals surface area contributed by atoms with Gasteiger partial charge in [0.05, 0.1) is 97.5 Å². The lowest BCUT2D eigenvalue weighted by molar-refractivity contribution is -0.134. The van der Waals surface area contributed by atoms with E-state index in [9.17, 15) is 24.4 Å². The second kappa shape index (κ2) is 52.3. The van der Waals surface area contributed by atoms with E-state index in [1.165, 1.54) is 97.2 Å². The lowest BCUT2D eigenvalue weighted by Crippen LogP contribution is -2.30. The molecule has 0 fully saturated rings. The van der Waals surface area contributed by atoms with Gasteiger partial charge in [0.15, 0.2) is 5.69 Å². The van der Waals surface area contributed by atoms with Gasteiger partial charge in [-0.2, -0.15) is 41.3 Å². The highest BCUT2D eigenvalue weighted by Crippen LogP contribution is 2.38. The van der Waals surface area contributed by atoms with E-state index in [0.717, 1.165) is 116 Å². The summed E-state index contributed by atoms with van der Waals surface area (Å²) in [5, 5.41) is 72.3. The Morgan fingerprint density at radius 3 is 1.16 bits per heavy atom. The molecular weight excluding hydrogens is 1990 g/mol. The number of nitrogen functional groups attached to an aromatic ring is 1. The molecule has 30 heteroatoms. The molecule has 8 N–H and O–H groups in total. The van der Waals surface area contributed by atoms with E-state index in [4.69, 9.17) is 37.1 Å². The van der Waals surface area contributed by atoms with E-state index < -0.39 is 11.9 Å². The van der Waals surface area contributed by atoms with Crippen LogP contribution in [0.5, 0.6) is 0 Å². The smallest absolute Gasteiger partial charge is 0.354 e. The van der Waals surface area contributed by atoms with Crippen molar-refractivity contribution in [2.75, 3.05) is 47.3 Å². The van der Waals surface area contributed by atoms with Crippen molar-refractivity contribution in [1.82, 2.24) is 48.9 Å². The highest BCUT2D eigenvalue weighted by Gasteiger charge is 2.32. The van der Waals surface area contributed by atoms with Gasteiger partial charge >= 0.3 is 5.97 Å². The number of carbonyl (C=O) groups excluding carboxylic acids is 3. The molecule has 0 radical (unpaired) electrons. The zero-order valence-electron chi connectivity index (χ0n) is 84.9. The minimum atomic E-state index is -1.05. The van der Waals surface area contributed by atoms with Crippen LogP contribution in [-0.4, -0.2) is 121 Å². The molecule has 0 aliphatic carbocycles. The molecule has 0 saturated carbocycles. The molecule has 2 amide bonds. The molecule has 0 saturated heterocycles. The first-order valence-electron chi connectivity index (χ1n) is 47.6. The molecule has 8 heterocycles. The first-order chi connectivity index (χ1) is 71.1. The molecule has 0 atom stereocenters. The van der Waals surface area contributed by atoms with Gasteiger partial charge in [0.1, 0.15) is 24.3 Å². The SMILES string of the molecule is CC(=O)O.CO/N=C(\C)CC(C)=O.Cc1cc(C(=O)N2CCc3cc(-c4ccccc4C)ccc32)n(-c2cccc(C#N)c2)n1.Cc1cc(C(=O)N2CCc3cc(-c4ccccc4C)ccc32)n(-c2cccc(CN)c2)n1.Cc1cc(C(=O)O)n(-c2cccc(C#N)c2)n1.Cc1cc(C)n(-c2cccc(Br)c2)n1.Cc1cc(C)n(-c2cccc(C#N)c2)n1.Cc1ccccc1-c1ccc2c(c1)CCN2.NNc1cccc(Br)c1. The van der Waals surface area contributed by atoms with Crippen molar-refractivity contribution in [3.63, 3.8) is 0 Å². The number of benzene rings is 12. The fourth-order valence-electron chi connectivity index (χ4n) is 17.0. The third kappa shape index (κ3) is 29.3. The third-order valence-corrected chi connectivity index (χ3v) is 24.6. The number of fused-ring (bicyclic) bond motifs is 3. The van der Waals surface area contributed by atoms with Crippen molar-refractivity contribution in [2.45, 2.75) is 122 Å². The number of nitrogens with one attached hydrogen (secondary N) is 2. The van der Waals surface area contributed by atoms with Crippen molar-refractivity contribution in [2.24, 2.45) is 16.7 Å². The van der Waals surface area contributed by atoms with Gasteiger partial charge in [-0.25, -0.2) is 28.2 Å². The van der Waals surface area contributed by atoms with Gasteiger partial charge in [-0.1, -0.05) is 170 Å². The number of carbonyl (C=O) groups is 5. The molecule has 750 valence electrons. The summed E-state index contributed by atoms with van der Waals surface area (Å²) < 4.78 is 10.6. The number of nitriles is 3. The van der Waals surface area contributed by atoms with Crippen LogP contribution in [0.3, 0.4) is 0 Å². The number of halogens is 2. The Morgan fingerprint density at radius 1 is 0.419 bits per heavy atom. The fourth-order valence-corrected chi connectivity index (χ4v) is 17.8. The van der Waals surface area contributed by atoms with Crippen LogP contribution in [0.15, 0.2) is 317 Å². The van der Waals surface area contributed by atoms with Crippen molar-refractivity contribution in [3.05, 3.63) is 425 Å². The quantitative estimate of drug-likeness (QED) is 0.0297. The maximum atomic E-state index is 13.6. The number of ketones is 1. The number of nitrogens with zero attached hydrogens (tertiary/aromatic N) is 16. The highest BCUT2D eigenvalue weighted by molar-refractivity contribution is 9.10. The van der Waals surface area contributed by atoms with Gasteiger partial charge in [-0.3, -0.25) is 25.0 Å². The number of Topliss-reactive ketones (excluding diaryl/α,β-unsaturated/α-hetero) is 1.